The number of carbonyl (C=O) groups is 2. The quantitative estimate of drug-likeness (QED) is 0.0205. The van der Waals surface area contributed by atoms with Crippen molar-refractivity contribution in [1.29, 1.82) is 0 Å². The summed E-state index contributed by atoms with van der Waals surface area (Å²) in [4.78, 5) is 37.9. The molecule has 0 saturated carbocycles. The van der Waals surface area contributed by atoms with Crippen LogP contribution in [0.25, 0.3) is 0 Å². The molecule has 0 aromatic heterocycles. The average Bonchev–Trinajstić information content (AvgIpc) is 3.64. The minimum absolute atomic E-state index is 0.0304. The van der Waals surface area contributed by atoms with Gasteiger partial charge in [-0.05, 0) is 122 Å². The number of phosphoric ester groups is 1. The molecule has 0 radical (unpaired) electrons. The fourth-order valence-corrected chi connectivity index (χ4v) is 10.3. The lowest BCUT2D eigenvalue weighted by Crippen LogP contribution is -2.47. The molecule has 0 aromatic carbocycles. The standard InChI is InChI=1S/C75H131N2O7P/c1-7-10-13-16-19-22-25-27-29-31-33-35-37-38-40-41-43-45-47-49-52-55-58-61-64-67-74(78)76-72(71-83-85(80,81)82-70-69-77(4,5)6)73(66-63-60-57-54-51-24-21-18-15-12-9-3)84-75(79)68-65-62-59-56-53-50-48-46-44-42-39-36-34-32-30-28-26-23-20-17-14-11-8-2/h10,13,19-20,22-23,27-30,33-36,38,40,43,45,63,66,72-73H,7-9,11-12,14-18,21,24-26,31-32,37,39,41-42,44,46-62,64-65,67-71H2,1-6H3,(H-,76,78,80,81)/p+1/b13-10-,22-19-,23-20-,29-27-,30-28-,35-33-,36-34-,40-38-,45-43-,66-63+. The van der Waals surface area contributed by atoms with Crippen molar-refractivity contribution in [3.05, 3.63) is 122 Å². The van der Waals surface area contributed by atoms with E-state index in [0.717, 1.165) is 135 Å². The molecule has 0 rings (SSSR count). The first-order valence-electron chi connectivity index (χ1n) is 34.9. The summed E-state index contributed by atoms with van der Waals surface area (Å²) in [5.41, 5.74) is 0. The summed E-state index contributed by atoms with van der Waals surface area (Å²) in [5, 5.41) is 3.06. The number of unbranched alkanes of at least 4 members (excludes halogenated alkanes) is 28. The Morgan fingerprint density at radius 1 is 0.424 bits per heavy atom. The summed E-state index contributed by atoms with van der Waals surface area (Å²) >= 11 is 0. The van der Waals surface area contributed by atoms with Crippen molar-refractivity contribution in [3.8, 4) is 0 Å². The first-order chi connectivity index (χ1) is 41.4. The monoisotopic (exact) mass is 1200 g/mol. The first-order valence-corrected chi connectivity index (χ1v) is 36.4. The predicted octanol–water partition coefficient (Wildman–Crippen LogP) is 22.2. The Morgan fingerprint density at radius 2 is 0.753 bits per heavy atom. The number of esters is 1. The Kier molecular flexibility index (Phi) is 60.8. The van der Waals surface area contributed by atoms with E-state index in [2.05, 4.69) is 135 Å². The van der Waals surface area contributed by atoms with Gasteiger partial charge in [0, 0.05) is 12.8 Å². The van der Waals surface area contributed by atoms with Crippen LogP contribution in [0, 0.1) is 0 Å². The second kappa shape index (κ2) is 63.4. The first kappa shape index (κ1) is 81.4. The maximum atomic E-state index is 13.6. The zero-order valence-electron chi connectivity index (χ0n) is 55.8. The number of rotatable bonds is 62. The number of carbonyl (C=O) groups excluding carboxylic acids is 2. The lowest BCUT2D eigenvalue weighted by Gasteiger charge is -2.27. The van der Waals surface area contributed by atoms with Crippen LogP contribution in [0.3, 0.4) is 0 Å². The smallest absolute Gasteiger partial charge is 0.456 e. The SMILES string of the molecule is CC/C=C\C/C=C\C/C=C\C/C=C\C/C=C\C/C=C\CCCCCCCCC(=O)NC(COP(=O)(O)OCC[N+](C)(C)C)C(/C=C/CCCCCCCCCCC)OC(=O)CCCCCCCCCCCC/C=C\C/C=C\C/C=C\CCCCC. The number of ether oxygens (including phenoxy) is 1. The minimum Gasteiger partial charge on any atom is -0.456 e. The van der Waals surface area contributed by atoms with Gasteiger partial charge >= 0.3 is 13.8 Å². The van der Waals surface area contributed by atoms with E-state index < -0.39 is 20.0 Å². The summed E-state index contributed by atoms with van der Waals surface area (Å²) < 4.78 is 30.8. The van der Waals surface area contributed by atoms with Crippen molar-refractivity contribution in [2.24, 2.45) is 0 Å². The number of allylic oxidation sites excluding steroid dienone is 19. The number of nitrogens with zero attached hydrogens (tertiary/aromatic N) is 1. The highest BCUT2D eigenvalue weighted by atomic mass is 31.2. The number of hydrogen-bond acceptors (Lipinski definition) is 6. The Balaban J connectivity index is 5.12. The molecule has 0 spiro atoms. The Morgan fingerprint density at radius 3 is 1.15 bits per heavy atom. The summed E-state index contributed by atoms with van der Waals surface area (Å²) in [7, 11) is 1.47. The third-order valence-corrected chi connectivity index (χ3v) is 15.9. The minimum atomic E-state index is -4.47. The number of amides is 1. The molecule has 0 heterocycles. The van der Waals surface area contributed by atoms with Gasteiger partial charge in [0.1, 0.15) is 19.3 Å². The van der Waals surface area contributed by atoms with Gasteiger partial charge in [0.2, 0.25) is 5.91 Å². The zero-order valence-corrected chi connectivity index (χ0v) is 56.7. The van der Waals surface area contributed by atoms with E-state index >= 15 is 0 Å². The summed E-state index contributed by atoms with van der Waals surface area (Å²) in [6.07, 6.45) is 89.2. The molecule has 3 unspecified atom stereocenters. The maximum Gasteiger partial charge on any atom is 0.472 e. The van der Waals surface area contributed by atoms with Gasteiger partial charge in [-0.2, -0.15) is 0 Å². The molecule has 0 saturated heterocycles. The molecule has 9 nitrogen and oxygen atoms in total. The Labute approximate surface area is 524 Å². The molecule has 3 atom stereocenters. The molecule has 0 aliphatic heterocycles. The van der Waals surface area contributed by atoms with Crippen LogP contribution in [0.5, 0.6) is 0 Å². The highest BCUT2D eigenvalue weighted by Gasteiger charge is 2.30. The van der Waals surface area contributed by atoms with E-state index in [-0.39, 0.29) is 31.5 Å². The van der Waals surface area contributed by atoms with Crippen LogP contribution in [0.15, 0.2) is 122 Å². The van der Waals surface area contributed by atoms with Crippen molar-refractivity contribution in [1.82, 2.24) is 5.32 Å². The van der Waals surface area contributed by atoms with Gasteiger partial charge in [-0.1, -0.05) is 277 Å². The van der Waals surface area contributed by atoms with Crippen LogP contribution < -0.4 is 5.32 Å². The van der Waals surface area contributed by atoms with Crippen LogP contribution in [0.2, 0.25) is 0 Å². The topological polar surface area (TPSA) is 111 Å². The van der Waals surface area contributed by atoms with Crippen LogP contribution in [0.4, 0.5) is 0 Å². The van der Waals surface area contributed by atoms with E-state index in [9.17, 15) is 19.0 Å². The molecule has 0 fully saturated rings. The molecule has 488 valence electrons. The van der Waals surface area contributed by atoms with Gasteiger partial charge in [0.25, 0.3) is 0 Å². The van der Waals surface area contributed by atoms with Crippen LogP contribution in [0.1, 0.15) is 290 Å². The Hall–Kier alpha value is -3.59. The molecule has 0 aliphatic carbocycles. The molecular formula is C75H132N2O7P+. The van der Waals surface area contributed by atoms with Gasteiger partial charge in [-0.15, -0.1) is 0 Å². The molecule has 2 N–H and O–H groups in total. The van der Waals surface area contributed by atoms with E-state index in [0.29, 0.717) is 17.4 Å². The van der Waals surface area contributed by atoms with Gasteiger partial charge < -0.3 is 19.4 Å². The van der Waals surface area contributed by atoms with E-state index in [1.54, 1.807) is 0 Å². The third-order valence-electron chi connectivity index (χ3n) is 14.9. The number of hydrogen-bond donors (Lipinski definition) is 2. The van der Waals surface area contributed by atoms with Crippen molar-refractivity contribution >= 4 is 19.7 Å². The van der Waals surface area contributed by atoms with Crippen molar-refractivity contribution < 1.29 is 37.3 Å². The summed E-state index contributed by atoms with van der Waals surface area (Å²) in [5.74, 6) is -0.530. The van der Waals surface area contributed by atoms with Gasteiger partial charge in [-0.3, -0.25) is 18.6 Å². The van der Waals surface area contributed by atoms with Crippen LogP contribution in [-0.4, -0.2) is 74.3 Å². The van der Waals surface area contributed by atoms with Crippen molar-refractivity contribution in [2.45, 2.75) is 303 Å². The molecule has 0 aromatic rings. The molecular weight excluding hydrogens is 1070 g/mol. The molecule has 10 heteroatoms. The highest BCUT2D eigenvalue weighted by Crippen LogP contribution is 2.43. The van der Waals surface area contributed by atoms with E-state index in [4.69, 9.17) is 13.8 Å². The number of nitrogens with one attached hydrogen (secondary N) is 1. The fraction of sp³-hybridized carbons (Fsp3) is 0.707. The molecule has 0 aliphatic rings. The lowest BCUT2D eigenvalue weighted by atomic mass is 10.0. The second-order valence-electron chi connectivity index (χ2n) is 24.3. The van der Waals surface area contributed by atoms with Crippen molar-refractivity contribution in [3.63, 3.8) is 0 Å². The normalized spacial score (nSPS) is 14.3. The third kappa shape index (κ3) is 64.7. The lowest BCUT2D eigenvalue weighted by molar-refractivity contribution is -0.870. The largest absolute Gasteiger partial charge is 0.472 e. The number of likely N-dealkylation sites (N-methyl/N-ethyl adjacent to an activating group) is 1. The fourth-order valence-electron chi connectivity index (χ4n) is 9.54. The zero-order chi connectivity index (χ0) is 62.1. The highest BCUT2D eigenvalue weighted by molar-refractivity contribution is 7.47. The number of quaternary nitrogens is 1. The van der Waals surface area contributed by atoms with Crippen molar-refractivity contribution in [2.75, 3.05) is 40.9 Å². The van der Waals surface area contributed by atoms with Gasteiger partial charge in [0.15, 0.2) is 0 Å². The average molecular weight is 1200 g/mol. The molecule has 0 bridgehead atoms. The van der Waals surface area contributed by atoms with Gasteiger partial charge in [-0.25, -0.2) is 4.57 Å². The van der Waals surface area contributed by atoms with E-state index in [1.807, 2.05) is 33.3 Å². The molecule has 1 amide bonds. The van der Waals surface area contributed by atoms with Crippen LogP contribution in [-0.2, 0) is 27.9 Å². The maximum absolute atomic E-state index is 13.6. The second-order valence-corrected chi connectivity index (χ2v) is 25.8. The van der Waals surface area contributed by atoms with Crippen LogP contribution >= 0.6 is 7.82 Å². The van der Waals surface area contributed by atoms with E-state index in [1.165, 1.54) is 122 Å². The van der Waals surface area contributed by atoms with Gasteiger partial charge in [0.05, 0.1) is 33.8 Å². The summed E-state index contributed by atoms with van der Waals surface area (Å²) in [6, 6.07) is -0.867. The Bertz CT molecular complexity index is 1870. The summed E-state index contributed by atoms with van der Waals surface area (Å²) in [6.45, 7) is 6.86. The predicted molar refractivity (Wildman–Crippen MR) is 369 cm³/mol. The number of phosphoric acid groups is 1. The molecule has 85 heavy (non-hydrogen) atoms.